The zero-order valence-corrected chi connectivity index (χ0v) is 10.2. The van der Waals surface area contributed by atoms with Crippen LogP contribution in [-0.2, 0) is 9.53 Å². The van der Waals surface area contributed by atoms with E-state index in [1.165, 1.54) is 13.8 Å². The first-order chi connectivity index (χ1) is 6.10. The largest absolute Gasteiger partial charge is 0.461 e. The van der Waals surface area contributed by atoms with Gasteiger partial charge in [0, 0.05) is 6.42 Å². The van der Waals surface area contributed by atoms with Crippen LogP contribution in [0.5, 0.6) is 0 Å². The summed E-state index contributed by atoms with van der Waals surface area (Å²) >= 11 is 16.0. The van der Waals surface area contributed by atoms with Crippen LogP contribution in [0.4, 0.5) is 4.39 Å². The second-order valence-corrected chi connectivity index (χ2v) is 6.01. The lowest BCUT2D eigenvalue weighted by Gasteiger charge is -2.14. The molecule has 0 unspecified atom stereocenters. The highest BCUT2D eigenvalue weighted by molar-refractivity contribution is 6.67. The molecule has 2 nitrogen and oxygen atoms in total. The molecule has 0 bridgehead atoms. The Balaban J connectivity index is 3.68. The molecular formula is C8H12Cl3FO2. The smallest absolute Gasteiger partial charge is 0.306 e. The van der Waals surface area contributed by atoms with Gasteiger partial charge in [0.05, 0.1) is 0 Å². The van der Waals surface area contributed by atoms with Gasteiger partial charge in [-0.3, -0.25) is 4.79 Å². The molecule has 0 aliphatic carbocycles. The van der Waals surface area contributed by atoms with Crippen molar-refractivity contribution in [2.75, 3.05) is 6.61 Å². The molecule has 0 amide bonds. The molecule has 84 valence electrons. The van der Waals surface area contributed by atoms with Crippen molar-refractivity contribution in [3.8, 4) is 0 Å². The molecule has 0 aromatic heterocycles. The molecule has 6 heteroatoms. The summed E-state index contributed by atoms with van der Waals surface area (Å²) in [6, 6.07) is 0. The predicted molar refractivity (Wildman–Crippen MR) is 55.7 cm³/mol. The van der Waals surface area contributed by atoms with E-state index in [9.17, 15) is 9.18 Å². The highest BCUT2D eigenvalue weighted by Crippen LogP contribution is 2.26. The Kier molecular flexibility index (Phi) is 5.48. The van der Waals surface area contributed by atoms with Crippen molar-refractivity contribution in [1.29, 1.82) is 0 Å². The van der Waals surface area contributed by atoms with Gasteiger partial charge in [0.1, 0.15) is 12.3 Å². The number of carbonyl (C=O) groups excluding carboxylic acids is 1. The number of hydrogen-bond acceptors (Lipinski definition) is 2. The van der Waals surface area contributed by atoms with E-state index >= 15 is 0 Å². The number of alkyl halides is 4. The summed E-state index contributed by atoms with van der Waals surface area (Å²) in [6.45, 7) is 2.45. The van der Waals surface area contributed by atoms with Crippen molar-refractivity contribution in [3.63, 3.8) is 0 Å². The molecule has 0 aliphatic heterocycles. The van der Waals surface area contributed by atoms with Crippen molar-refractivity contribution in [2.24, 2.45) is 0 Å². The van der Waals surface area contributed by atoms with E-state index in [4.69, 9.17) is 34.8 Å². The monoisotopic (exact) mass is 264 g/mol. The molecule has 0 saturated heterocycles. The minimum Gasteiger partial charge on any atom is -0.461 e. The Morgan fingerprint density at radius 1 is 1.36 bits per heavy atom. The lowest BCUT2D eigenvalue weighted by molar-refractivity contribution is -0.144. The van der Waals surface area contributed by atoms with Gasteiger partial charge in [0.15, 0.2) is 0 Å². The summed E-state index contributed by atoms with van der Waals surface area (Å²) < 4.78 is 15.9. The maximum absolute atomic E-state index is 12.9. The molecule has 0 heterocycles. The molecule has 0 fully saturated rings. The maximum Gasteiger partial charge on any atom is 0.306 e. The van der Waals surface area contributed by atoms with Crippen molar-refractivity contribution in [1.82, 2.24) is 0 Å². The third-order valence-corrected chi connectivity index (χ3v) is 1.65. The quantitative estimate of drug-likeness (QED) is 0.575. The maximum atomic E-state index is 12.9. The first-order valence-electron chi connectivity index (χ1n) is 4.01. The lowest BCUT2D eigenvalue weighted by Crippen LogP contribution is -2.20. The number of hydrogen-bond donors (Lipinski definition) is 0. The topological polar surface area (TPSA) is 26.3 Å². The Morgan fingerprint density at radius 2 is 1.86 bits per heavy atom. The zero-order chi connectivity index (χ0) is 11.4. The normalized spacial score (nSPS) is 12.7. The Hall–Kier alpha value is 0.270. The summed E-state index contributed by atoms with van der Waals surface area (Å²) in [5, 5.41) is 0. The van der Waals surface area contributed by atoms with Crippen LogP contribution in [0, 0.1) is 0 Å². The van der Waals surface area contributed by atoms with Gasteiger partial charge in [-0.2, -0.15) is 0 Å². The molecule has 0 aromatic carbocycles. The second-order valence-electron chi connectivity index (χ2n) is 3.49. The van der Waals surface area contributed by atoms with E-state index in [2.05, 4.69) is 4.74 Å². The molecule has 0 saturated carbocycles. The van der Waals surface area contributed by atoms with E-state index in [0.29, 0.717) is 0 Å². The van der Waals surface area contributed by atoms with Gasteiger partial charge in [-0.25, -0.2) is 4.39 Å². The number of ether oxygens (including phenoxy) is 1. The van der Waals surface area contributed by atoms with Crippen LogP contribution in [0.1, 0.15) is 26.7 Å². The van der Waals surface area contributed by atoms with Gasteiger partial charge < -0.3 is 4.74 Å². The molecule has 0 atom stereocenters. The first-order valence-corrected chi connectivity index (χ1v) is 5.15. The average molecular weight is 266 g/mol. The zero-order valence-electron chi connectivity index (χ0n) is 7.95. The average Bonchev–Trinajstić information content (AvgIpc) is 1.94. The Labute approximate surface area is 97.6 Å². The van der Waals surface area contributed by atoms with Gasteiger partial charge >= 0.3 is 5.97 Å². The van der Waals surface area contributed by atoms with Gasteiger partial charge in [-0.15, -0.1) is 0 Å². The molecule has 0 N–H and O–H groups in total. The summed E-state index contributed by atoms with van der Waals surface area (Å²) in [6.07, 6.45) is 0.0654. The highest BCUT2D eigenvalue weighted by atomic mass is 35.6. The van der Waals surface area contributed by atoms with Gasteiger partial charge in [-0.1, -0.05) is 34.8 Å². The van der Waals surface area contributed by atoms with E-state index in [1.807, 2.05) is 0 Å². The second kappa shape index (κ2) is 5.38. The highest BCUT2D eigenvalue weighted by Gasteiger charge is 2.23. The molecule has 0 spiro atoms. The minimum atomic E-state index is -1.61. The van der Waals surface area contributed by atoms with E-state index in [0.717, 1.165) is 0 Å². The number of rotatable bonds is 4. The van der Waals surface area contributed by atoms with Gasteiger partial charge in [0.2, 0.25) is 3.79 Å². The third-order valence-electron chi connectivity index (χ3n) is 1.32. The number of halogens is 4. The van der Waals surface area contributed by atoms with E-state index in [1.54, 1.807) is 0 Å². The van der Waals surface area contributed by atoms with Crippen LogP contribution < -0.4 is 0 Å². The molecule has 0 rings (SSSR count). The van der Waals surface area contributed by atoms with Crippen LogP contribution in [0.3, 0.4) is 0 Å². The van der Waals surface area contributed by atoms with Crippen LogP contribution >= 0.6 is 34.8 Å². The predicted octanol–water partition coefficient (Wildman–Crippen LogP) is 3.43. The summed E-state index contributed by atoms with van der Waals surface area (Å²) in [5.41, 5.74) is -1.39. The fourth-order valence-corrected chi connectivity index (χ4v) is 0.797. The first kappa shape index (κ1) is 14.3. The van der Waals surface area contributed by atoms with Crippen LogP contribution in [-0.4, -0.2) is 22.0 Å². The van der Waals surface area contributed by atoms with Gasteiger partial charge in [-0.05, 0) is 20.3 Å². The van der Waals surface area contributed by atoms with Crippen molar-refractivity contribution in [3.05, 3.63) is 0 Å². The molecule has 0 radical (unpaired) electrons. The van der Waals surface area contributed by atoms with Crippen molar-refractivity contribution < 1.29 is 13.9 Å². The molecule has 14 heavy (non-hydrogen) atoms. The van der Waals surface area contributed by atoms with Crippen LogP contribution in [0.15, 0.2) is 0 Å². The van der Waals surface area contributed by atoms with Crippen molar-refractivity contribution in [2.45, 2.75) is 36.2 Å². The molecular weight excluding hydrogens is 253 g/mol. The molecule has 0 aromatic rings. The summed E-state index contributed by atoms with van der Waals surface area (Å²) in [5.74, 6) is -0.568. The standard InChI is InChI=1S/C8H12Cl3FO2/c1-7(2,12)4-3-6(13)14-5-8(9,10)11/h3-5H2,1-2H3. The van der Waals surface area contributed by atoms with Gasteiger partial charge in [0.25, 0.3) is 0 Å². The lowest BCUT2D eigenvalue weighted by atomic mass is 10.1. The van der Waals surface area contributed by atoms with Crippen LogP contribution in [0.25, 0.3) is 0 Å². The minimum absolute atomic E-state index is 0.0236. The fourth-order valence-electron chi connectivity index (χ4n) is 0.634. The van der Waals surface area contributed by atoms with Crippen LogP contribution in [0.2, 0.25) is 0 Å². The number of carbonyl (C=O) groups is 1. The summed E-state index contributed by atoms with van der Waals surface area (Å²) in [4.78, 5) is 11.0. The molecule has 0 aliphatic rings. The summed E-state index contributed by atoms with van der Waals surface area (Å²) in [7, 11) is 0. The number of esters is 1. The third kappa shape index (κ3) is 10.4. The van der Waals surface area contributed by atoms with Crippen molar-refractivity contribution >= 4 is 40.8 Å². The Morgan fingerprint density at radius 3 is 2.21 bits per heavy atom. The van der Waals surface area contributed by atoms with E-state index < -0.39 is 15.4 Å². The Bertz CT molecular complexity index is 176. The SMILES string of the molecule is CC(C)(F)CCC(=O)OCC(Cl)(Cl)Cl. The fraction of sp³-hybridized carbons (Fsp3) is 0.875. The van der Waals surface area contributed by atoms with E-state index in [-0.39, 0.29) is 19.4 Å².